The molecule has 1 fully saturated rings. The normalized spacial score (nSPS) is 15.9. The molecule has 0 amide bonds. The smallest absolute Gasteiger partial charge is 0.235 e. The maximum atomic E-state index is 14.9. The van der Waals surface area contributed by atoms with Crippen LogP contribution < -0.4 is 4.72 Å². The summed E-state index contributed by atoms with van der Waals surface area (Å²) in [6.07, 6.45) is 4.40. The molecule has 7 nitrogen and oxygen atoms in total. The minimum absolute atomic E-state index is 0.0168. The number of benzene rings is 2. The Kier molecular flexibility index (Phi) is 8.47. The van der Waals surface area contributed by atoms with Crippen LogP contribution >= 0.6 is 11.6 Å². The number of hydrogen-bond acceptors (Lipinski definition) is 6. The second-order valence-electron chi connectivity index (χ2n) is 8.84. The van der Waals surface area contributed by atoms with Crippen LogP contribution in [-0.2, 0) is 19.9 Å². The van der Waals surface area contributed by atoms with E-state index in [9.17, 15) is 25.6 Å². The zero-order valence-electron chi connectivity index (χ0n) is 19.8. The average molecular weight is 570 g/mol. The number of nitrogens with one attached hydrogen (secondary N) is 1. The topological polar surface area (TPSA) is 96.4 Å². The van der Waals surface area contributed by atoms with Crippen LogP contribution in [0.3, 0.4) is 0 Å². The number of aromatic nitrogens is 1. The van der Waals surface area contributed by atoms with Crippen molar-refractivity contribution in [1.29, 1.82) is 0 Å². The fraction of sp³-hybridized carbons (Fsp3) is 0.320. The summed E-state index contributed by atoms with van der Waals surface area (Å²) >= 11 is 5.90. The first-order valence-corrected chi connectivity index (χ1v) is 15.3. The number of likely N-dealkylation sites (tertiary alicyclic amines) is 1. The van der Waals surface area contributed by atoms with Crippen molar-refractivity contribution in [2.45, 2.75) is 29.4 Å². The number of pyridine rings is 1. The lowest BCUT2D eigenvalue weighted by molar-refractivity contribution is 0.241. The summed E-state index contributed by atoms with van der Waals surface area (Å²) in [4.78, 5) is 5.93. The Morgan fingerprint density at radius 2 is 1.65 bits per heavy atom. The van der Waals surface area contributed by atoms with E-state index in [-0.39, 0.29) is 22.0 Å². The predicted octanol–water partition coefficient (Wildman–Crippen LogP) is 4.80. The largest absolute Gasteiger partial charge is 0.302 e. The van der Waals surface area contributed by atoms with Crippen molar-refractivity contribution in [3.63, 3.8) is 0 Å². The fourth-order valence-electron chi connectivity index (χ4n) is 4.31. The number of rotatable bonds is 9. The van der Waals surface area contributed by atoms with Gasteiger partial charge in [-0.25, -0.2) is 30.6 Å². The standard InChI is InChI=1S/C25H26ClF2N3O4S2/c26-19-4-7-21(8-5-19)37(34,35)25(22-17-20(27)6-9-23(22)28)18-10-11-29-24(16-18)30-36(32,33)15-14-31-12-2-1-3-13-31/h4-11,16-17,25H,1-3,12-15H2,(H,29,30). The second kappa shape index (κ2) is 11.4. The summed E-state index contributed by atoms with van der Waals surface area (Å²) in [5, 5.41) is -1.37. The molecule has 2 aromatic carbocycles. The van der Waals surface area contributed by atoms with Gasteiger partial charge in [0.1, 0.15) is 22.7 Å². The summed E-state index contributed by atoms with van der Waals surface area (Å²) in [6.45, 7) is 2.04. The van der Waals surface area contributed by atoms with Gasteiger partial charge in [0.15, 0.2) is 9.84 Å². The molecule has 1 aliphatic rings. The molecule has 4 rings (SSSR count). The van der Waals surface area contributed by atoms with Crippen molar-refractivity contribution in [3.05, 3.63) is 88.6 Å². The minimum Gasteiger partial charge on any atom is -0.302 e. The SMILES string of the molecule is O=S(=O)(CCN1CCCCC1)Nc1cc(C(c2cc(F)ccc2F)S(=O)(=O)c2ccc(Cl)cc2)ccn1. The highest BCUT2D eigenvalue weighted by Crippen LogP contribution is 2.37. The van der Waals surface area contributed by atoms with Gasteiger partial charge in [-0.05, 0) is 86.1 Å². The monoisotopic (exact) mass is 569 g/mol. The van der Waals surface area contributed by atoms with Gasteiger partial charge < -0.3 is 4.90 Å². The van der Waals surface area contributed by atoms with Crippen molar-refractivity contribution in [2.75, 3.05) is 30.1 Å². The molecule has 1 atom stereocenters. The molecular weight excluding hydrogens is 544 g/mol. The van der Waals surface area contributed by atoms with Crippen molar-refractivity contribution in [3.8, 4) is 0 Å². The number of piperidine rings is 1. The maximum Gasteiger partial charge on any atom is 0.235 e. The van der Waals surface area contributed by atoms with E-state index >= 15 is 0 Å². The highest BCUT2D eigenvalue weighted by Gasteiger charge is 2.34. The summed E-state index contributed by atoms with van der Waals surface area (Å²) < 4.78 is 84.2. The summed E-state index contributed by atoms with van der Waals surface area (Å²) in [5.74, 6) is -2.03. The zero-order chi connectivity index (χ0) is 26.6. The van der Waals surface area contributed by atoms with Gasteiger partial charge in [-0.2, -0.15) is 0 Å². The van der Waals surface area contributed by atoms with Gasteiger partial charge in [0, 0.05) is 23.3 Å². The van der Waals surface area contributed by atoms with Crippen molar-refractivity contribution < 1.29 is 25.6 Å². The minimum atomic E-state index is -4.33. The van der Waals surface area contributed by atoms with Crippen LogP contribution in [0, 0.1) is 11.6 Å². The van der Waals surface area contributed by atoms with E-state index in [4.69, 9.17) is 11.6 Å². The molecule has 1 N–H and O–H groups in total. The van der Waals surface area contributed by atoms with E-state index in [0.29, 0.717) is 11.6 Å². The Bertz CT molecular complexity index is 1460. The lowest BCUT2D eigenvalue weighted by Crippen LogP contribution is -2.35. The second-order valence-corrected chi connectivity index (χ2v) is 13.2. The van der Waals surface area contributed by atoms with Crippen LogP contribution in [0.1, 0.15) is 35.6 Å². The van der Waals surface area contributed by atoms with Gasteiger partial charge in [0.25, 0.3) is 0 Å². The fourth-order valence-corrected chi connectivity index (χ4v) is 7.27. The molecule has 1 aromatic heterocycles. The van der Waals surface area contributed by atoms with Crippen molar-refractivity contribution >= 4 is 37.3 Å². The van der Waals surface area contributed by atoms with Gasteiger partial charge in [0.05, 0.1) is 10.6 Å². The lowest BCUT2D eigenvalue weighted by atomic mass is 10.0. The molecule has 1 aliphatic heterocycles. The highest BCUT2D eigenvalue weighted by atomic mass is 35.5. The molecule has 1 unspecified atom stereocenters. The van der Waals surface area contributed by atoms with E-state index in [2.05, 4.69) is 14.6 Å². The Hall–Kier alpha value is -2.60. The lowest BCUT2D eigenvalue weighted by Gasteiger charge is -2.26. The van der Waals surface area contributed by atoms with Gasteiger partial charge in [0.2, 0.25) is 10.0 Å². The first-order chi connectivity index (χ1) is 17.5. The molecule has 37 heavy (non-hydrogen) atoms. The third-order valence-corrected chi connectivity index (χ3v) is 9.73. The van der Waals surface area contributed by atoms with Crippen LogP contribution in [0.4, 0.5) is 14.6 Å². The van der Waals surface area contributed by atoms with E-state index in [1.807, 2.05) is 0 Å². The first-order valence-electron chi connectivity index (χ1n) is 11.7. The van der Waals surface area contributed by atoms with E-state index in [1.54, 1.807) is 0 Å². The number of sulfonamides is 1. The molecule has 0 bridgehead atoms. The quantitative estimate of drug-likeness (QED) is 0.397. The molecule has 12 heteroatoms. The zero-order valence-corrected chi connectivity index (χ0v) is 22.2. The number of halogens is 3. The van der Waals surface area contributed by atoms with Crippen LogP contribution in [0.25, 0.3) is 0 Å². The van der Waals surface area contributed by atoms with Crippen molar-refractivity contribution in [2.24, 2.45) is 0 Å². The number of hydrogen-bond donors (Lipinski definition) is 1. The Balaban J connectivity index is 1.68. The van der Waals surface area contributed by atoms with E-state index in [1.165, 1.54) is 42.6 Å². The number of anilines is 1. The molecule has 0 spiro atoms. The average Bonchev–Trinajstić information content (AvgIpc) is 2.86. The van der Waals surface area contributed by atoms with Gasteiger partial charge in [-0.1, -0.05) is 18.0 Å². The Labute approximate surface area is 220 Å². The molecule has 0 saturated carbocycles. The molecule has 0 radical (unpaired) electrons. The van der Waals surface area contributed by atoms with E-state index < -0.39 is 42.3 Å². The third-order valence-electron chi connectivity index (χ3n) is 6.16. The van der Waals surface area contributed by atoms with Gasteiger partial charge >= 0.3 is 0 Å². The van der Waals surface area contributed by atoms with Crippen LogP contribution in [0.2, 0.25) is 5.02 Å². The predicted molar refractivity (Wildman–Crippen MR) is 139 cm³/mol. The van der Waals surface area contributed by atoms with Crippen LogP contribution in [-0.4, -0.2) is 52.1 Å². The van der Waals surface area contributed by atoms with Crippen LogP contribution in [0.5, 0.6) is 0 Å². The summed E-state index contributed by atoms with van der Waals surface area (Å²) in [5.41, 5.74) is -0.400. The Morgan fingerprint density at radius 3 is 2.35 bits per heavy atom. The van der Waals surface area contributed by atoms with Crippen molar-refractivity contribution in [1.82, 2.24) is 9.88 Å². The molecule has 2 heterocycles. The molecular formula is C25H26ClF2N3O4S2. The number of sulfone groups is 1. The third kappa shape index (κ3) is 6.84. The summed E-state index contributed by atoms with van der Waals surface area (Å²) in [7, 11) is -8.13. The summed E-state index contributed by atoms with van der Waals surface area (Å²) in [6, 6.07) is 10.4. The molecule has 198 valence electrons. The maximum absolute atomic E-state index is 14.9. The Morgan fingerprint density at radius 1 is 0.946 bits per heavy atom. The molecule has 1 saturated heterocycles. The van der Waals surface area contributed by atoms with Crippen LogP contribution in [0.15, 0.2) is 65.7 Å². The highest BCUT2D eigenvalue weighted by molar-refractivity contribution is 7.92. The number of nitrogens with zero attached hydrogens (tertiary/aromatic N) is 2. The van der Waals surface area contributed by atoms with Gasteiger partial charge in [-0.15, -0.1) is 0 Å². The molecule has 3 aromatic rings. The first kappa shape index (κ1) is 27.4. The molecule has 0 aliphatic carbocycles. The van der Waals surface area contributed by atoms with Gasteiger partial charge in [-0.3, -0.25) is 4.72 Å². The van der Waals surface area contributed by atoms with E-state index in [0.717, 1.165) is 50.6 Å².